The average molecular weight is 520 g/mol. The molecular weight excluding hydrogens is 487 g/mol. The van der Waals surface area contributed by atoms with Gasteiger partial charge in [0.05, 0.1) is 12.7 Å². The summed E-state index contributed by atoms with van der Waals surface area (Å²) < 4.78 is 43.6. The minimum Gasteiger partial charge on any atom is -0.497 e. The maximum Gasteiger partial charge on any atom is 0.416 e. The molecule has 0 saturated carbocycles. The van der Waals surface area contributed by atoms with Crippen molar-refractivity contribution in [1.82, 2.24) is 15.5 Å². The van der Waals surface area contributed by atoms with Gasteiger partial charge >= 0.3 is 6.18 Å². The maximum atomic E-state index is 13.0. The van der Waals surface area contributed by atoms with Gasteiger partial charge in [-0.3, -0.25) is 14.4 Å². The molecule has 0 bridgehead atoms. The molecule has 1 atom stereocenters. The molecule has 10 heteroatoms. The van der Waals surface area contributed by atoms with Crippen LogP contribution in [0.4, 0.5) is 13.2 Å². The monoisotopic (exact) mass is 519 g/mol. The molecule has 1 heterocycles. The van der Waals surface area contributed by atoms with E-state index in [4.69, 9.17) is 4.74 Å². The fourth-order valence-corrected chi connectivity index (χ4v) is 4.20. The zero-order valence-electron chi connectivity index (χ0n) is 21.1. The summed E-state index contributed by atoms with van der Waals surface area (Å²) in [6.07, 6.45) is -3.56. The number of methoxy groups -OCH3 is 1. The number of benzene rings is 2. The van der Waals surface area contributed by atoms with E-state index in [2.05, 4.69) is 10.6 Å². The van der Waals surface area contributed by atoms with Gasteiger partial charge in [0.25, 0.3) is 11.8 Å². The van der Waals surface area contributed by atoms with Gasteiger partial charge in [-0.1, -0.05) is 13.8 Å². The molecule has 2 N–H and O–H groups in total. The molecule has 0 aliphatic carbocycles. The van der Waals surface area contributed by atoms with E-state index >= 15 is 0 Å². The van der Waals surface area contributed by atoms with Crippen LogP contribution in [0.15, 0.2) is 48.5 Å². The smallest absolute Gasteiger partial charge is 0.416 e. The Morgan fingerprint density at radius 1 is 0.973 bits per heavy atom. The first-order chi connectivity index (χ1) is 17.5. The number of ether oxygens (including phenoxy) is 1. The lowest BCUT2D eigenvalue weighted by Crippen LogP contribution is -2.54. The number of carbonyl (C=O) groups is 3. The van der Waals surface area contributed by atoms with Crippen LogP contribution in [0.5, 0.6) is 5.75 Å². The maximum absolute atomic E-state index is 13.0. The molecule has 1 saturated heterocycles. The van der Waals surface area contributed by atoms with Crippen molar-refractivity contribution in [2.24, 2.45) is 11.8 Å². The van der Waals surface area contributed by atoms with Crippen molar-refractivity contribution in [2.75, 3.05) is 26.7 Å². The Kier molecular flexibility index (Phi) is 9.18. The first-order valence-electron chi connectivity index (χ1n) is 12.2. The number of amides is 3. The Bertz CT molecular complexity index is 1080. The molecule has 37 heavy (non-hydrogen) atoms. The third-order valence-electron chi connectivity index (χ3n) is 6.36. The molecule has 3 amide bonds. The van der Waals surface area contributed by atoms with Crippen molar-refractivity contribution in [1.29, 1.82) is 0 Å². The fourth-order valence-electron chi connectivity index (χ4n) is 4.20. The molecule has 200 valence electrons. The van der Waals surface area contributed by atoms with Crippen LogP contribution in [-0.4, -0.2) is 55.4 Å². The van der Waals surface area contributed by atoms with E-state index in [1.165, 1.54) is 19.2 Å². The lowest BCUT2D eigenvalue weighted by molar-refractivity contribution is -0.137. The topological polar surface area (TPSA) is 87.7 Å². The summed E-state index contributed by atoms with van der Waals surface area (Å²) in [5.74, 6) is -0.432. The molecule has 2 aromatic rings. The number of carbonyl (C=O) groups excluding carboxylic acids is 3. The van der Waals surface area contributed by atoms with E-state index in [1.54, 1.807) is 29.2 Å². The van der Waals surface area contributed by atoms with Crippen molar-refractivity contribution >= 4 is 17.7 Å². The zero-order chi connectivity index (χ0) is 27.2. The van der Waals surface area contributed by atoms with Crippen molar-refractivity contribution in [3.05, 3.63) is 65.2 Å². The van der Waals surface area contributed by atoms with Gasteiger partial charge in [0, 0.05) is 30.8 Å². The van der Waals surface area contributed by atoms with Gasteiger partial charge in [-0.15, -0.1) is 0 Å². The Morgan fingerprint density at radius 2 is 1.54 bits per heavy atom. The van der Waals surface area contributed by atoms with E-state index < -0.39 is 23.7 Å². The lowest BCUT2D eigenvalue weighted by atomic mass is 9.88. The number of rotatable bonds is 8. The quantitative estimate of drug-likeness (QED) is 0.549. The van der Waals surface area contributed by atoms with Gasteiger partial charge in [0.15, 0.2) is 0 Å². The van der Waals surface area contributed by atoms with Crippen LogP contribution < -0.4 is 15.4 Å². The van der Waals surface area contributed by atoms with Crippen LogP contribution in [-0.2, 0) is 11.0 Å². The number of nitrogens with one attached hydrogen (secondary N) is 2. The number of alkyl halides is 3. The van der Waals surface area contributed by atoms with Crippen LogP contribution in [0.3, 0.4) is 0 Å². The standard InChI is InChI=1S/C27H32F3N3O4/c1-17(2)16-31-25(35)23(32-24(34)19-6-10-22(37-3)11-7-19)18-12-14-33(15-13-18)26(36)20-4-8-21(9-5-20)27(28,29)30/h4-11,17-18,23H,12-16H2,1-3H3,(H,31,35)(H,32,34)/t23-/m1/s1. The van der Waals surface area contributed by atoms with E-state index in [0.29, 0.717) is 43.8 Å². The highest BCUT2D eigenvalue weighted by molar-refractivity contribution is 5.98. The number of hydrogen-bond donors (Lipinski definition) is 2. The normalized spacial score (nSPS) is 15.3. The van der Waals surface area contributed by atoms with Gasteiger partial charge in [-0.25, -0.2) is 0 Å². The summed E-state index contributed by atoms with van der Waals surface area (Å²) in [4.78, 5) is 40.4. The van der Waals surface area contributed by atoms with Gasteiger partial charge in [-0.2, -0.15) is 13.2 Å². The highest BCUT2D eigenvalue weighted by atomic mass is 19.4. The summed E-state index contributed by atoms with van der Waals surface area (Å²) in [6.45, 7) is 5.03. The van der Waals surface area contributed by atoms with E-state index in [-0.39, 0.29) is 29.2 Å². The van der Waals surface area contributed by atoms with Crippen molar-refractivity contribution in [3.63, 3.8) is 0 Å². The molecular formula is C27H32F3N3O4. The number of halogens is 3. The first-order valence-corrected chi connectivity index (χ1v) is 12.2. The summed E-state index contributed by atoms with van der Waals surface area (Å²) in [7, 11) is 1.53. The van der Waals surface area contributed by atoms with Gasteiger partial charge in [-0.05, 0) is 73.2 Å². The minimum atomic E-state index is -4.47. The van der Waals surface area contributed by atoms with Crippen LogP contribution in [0.25, 0.3) is 0 Å². The largest absolute Gasteiger partial charge is 0.497 e. The summed E-state index contributed by atoms with van der Waals surface area (Å²) in [6, 6.07) is 9.89. The Morgan fingerprint density at radius 3 is 2.05 bits per heavy atom. The van der Waals surface area contributed by atoms with Crippen molar-refractivity contribution in [2.45, 2.75) is 38.9 Å². The third-order valence-corrected chi connectivity index (χ3v) is 6.36. The Labute approximate surface area is 214 Å². The molecule has 1 fully saturated rings. The zero-order valence-corrected chi connectivity index (χ0v) is 21.1. The van der Waals surface area contributed by atoms with Crippen LogP contribution in [0, 0.1) is 11.8 Å². The molecule has 1 aliphatic heterocycles. The second-order valence-electron chi connectivity index (χ2n) is 9.52. The molecule has 7 nitrogen and oxygen atoms in total. The molecule has 0 radical (unpaired) electrons. The fraction of sp³-hybridized carbons (Fsp3) is 0.444. The number of nitrogens with zero attached hydrogens (tertiary/aromatic N) is 1. The summed E-state index contributed by atoms with van der Waals surface area (Å²) >= 11 is 0. The van der Waals surface area contributed by atoms with Crippen molar-refractivity contribution in [3.8, 4) is 5.75 Å². The lowest BCUT2D eigenvalue weighted by Gasteiger charge is -2.36. The SMILES string of the molecule is COc1ccc(C(=O)N[C@@H](C(=O)NCC(C)C)C2CCN(C(=O)c3ccc(C(F)(F)F)cc3)CC2)cc1. The summed E-state index contributed by atoms with van der Waals surface area (Å²) in [5.41, 5.74) is -0.256. The van der Waals surface area contributed by atoms with Gasteiger partial charge < -0.3 is 20.3 Å². The molecule has 2 aromatic carbocycles. The number of hydrogen-bond acceptors (Lipinski definition) is 4. The predicted octanol–water partition coefficient (Wildman–Crippen LogP) is 4.14. The third kappa shape index (κ3) is 7.47. The summed E-state index contributed by atoms with van der Waals surface area (Å²) in [5, 5.41) is 5.74. The molecule has 3 rings (SSSR count). The van der Waals surface area contributed by atoms with Crippen molar-refractivity contribution < 1.29 is 32.3 Å². The Hall–Kier alpha value is -3.56. The molecule has 0 unspecified atom stereocenters. The van der Waals surface area contributed by atoms with Gasteiger partial charge in [0.1, 0.15) is 11.8 Å². The second kappa shape index (κ2) is 12.1. The highest BCUT2D eigenvalue weighted by Crippen LogP contribution is 2.30. The predicted molar refractivity (Wildman–Crippen MR) is 132 cm³/mol. The molecule has 1 aliphatic rings. The van der Waals surface area contributed by atoms with Crippen LogP contribution in [0.1, 0.15) is 53.0 Å². The van der Waals surface area contributed by atoms with E-state index in [1.807, 2.05) is 13.8 Å². The van der Waals surface area contributed by atoms with Crippen LogP contribution in [0.2, 0.25) is 0 Å². The van der Waals surface area contributed by atoms with Crippen LogP contribution >= 0.6 is 0 Å². The average Bonchev–Trinajstić information content (AvgIpc) is 2.89. The van der Waals surface area contributed by atoms with Gasteiger partial charge in [0.2, 0.25) is 5.91 Å². The second-order valence-corrected chi connectivity index (χ2v) is 9.52. The number of piperidine rings is 1. The first kappa shape index (κ1) is 28.0. The Balaban J connectivity index is 1.67. The number of likely N-dealkylation sites (tertiary alicyclic amines) is 1. The molecule has 0 spiro atoms. The highest BCUT2D eigenvalue weighted by Gasteiger charge is 2.35. The minimum absolute atomic E-state index is 0.172. The van der Waals surface area contributed by atoms with E-state index in [9.17, 15) is 27.6 Å². The van der Waals surface area contributed by atoms with E-state index in [0.717, 1.165) is 12.1 Å². The molecule has 0 aromatic heterocycles.